The normalized spacial score (nSPS) is 24.8. The average molecular weight is 193 g/mol. The zero-order valence-corrected chi connectivity index (χ0v) is 7.23. The average Bonchev–Trinajstić information content (AvgIpc) is 2.30. The minimum atomic E-state index is -3.63. The van der Waals surface area contributed by atoms with E-state index in [0.717, 1.165) is 0 Å². The molecule has 0 bridgehead atoms. The Kier molecular flexibility index (Phi) is 2.78. The standard InChI is InChI=1S/C5H11N3O3S/c6-12(10,11)8-2-4-1-5(9)3-7-4/h4,7-8H,1-3H2,(H2,6,10,11)/t4-/m0/s1. The number of Topliss-reactive ketones (excluding diaryl/α,β-unsaturated/α-hetero) is 1. The van der Waals surface area contributed by atoms with E-state index in [9.17, 15) is 13.2 Å². The predicted molar refractivity (Wildman–Crippen MR) is 42.5 cm³/mol. The Morgan fingerprint density at radius 1 is 1.67 bits per heavy atom. The molecular weight excluding hydrogens is 182 g/mol. The largest absolute Gasteiger partial charge is 0.305 e. The van der Waals surface area contributed by atoms with Crippen LogP contribution in [0.1, 0.15) is 6.42 Å². The van der Waals surface area contributed by atoms with Gasteiger partial charge in [0, 0.05) is 19.0 Å². The van der Waals surface area contributed by atoms with Gasteiger partial charge < -0.3 is 5.32 Å². The summed E-state index contributed by atoms with van der Waals surface area (Å²) in [6, 6.07) is -0.115. The second-order valence-electron chi connectivity index (χ2n) is 2.71. The number of rotatable bonds is 3. The third-order valence-electron chi connectivity index (χ3n) is 1.59. The molecule has 0 amide bonds. The van der Waals surface area contributed by atoms with Gasteiger partial charge in [-0.25, -0.2) is 9.86 Å². The smallest absolute Gasteiger partial charge is 0.274 e. The van der Waals surface area contributed by atoms with Gasteiger partial charge in [-0.05, 0) is 0 Å². The monoisotopic (exact) mass is 193 g/mol. The van der Waals surface area contributed by atoms with Crippen molar-refractivity contribution in [1.29, 1.82) is 0 Å². The van der Waals surface area contributed by atoms with Gasteiger partial charge in [0.1, 0.15) is 5.78 Å². The van der Waals surface area contributed by atoms with Gasteiger partial charge in [-0.1, -0.05) is 0 Å². The summed E-state index contributed by atoms with van der Waals surface area (Å²) in [6.07, 6.45) is 0.364. The van der Waals surface area contributed by atoms with Gasteiger partial charge >= 0.3 is 0 Å². The molecule has 0 radical (unpaired) electrons. The molecule has 0 aromatic rings. The third kappa shape index (κ3) is 3.26. The van der Waals surface area contributed by atoms with Crippen molar-refractivity contribution in [2.45, 2.75) is 12.5 Å². The van der Waals surface area contributed by atoms with Gasteiger partial charge in [-0.15, -0.1) is 0 Å². The maximum absolute atomic E-state index is 10.7. The molecule has 0 aromatic carbocycles. The van der Waals surface area contributed by atoms with Crippen LogP contribution in [0, 0.1) is 0 Å². The molecular formula is C5H11N3O3S. The molecule has 1 aliphatic heterocycles. The Morgan fingerprint density at radius 3 is 2.75 bits per heavy atom. The quantitative estimate of drug-likeness (QED) is 0.469. The first-order chi connectivity index (χ1) is 5.47. The number of nitrogens with two attached hydrogens (primary N) is 1. The van der Waals surface area contributed by atoms with E-state index in [4.69, 9.17) is 5.14 Å². The lowest BCUT2D eigenvalue weighted by atomic mass is 10.2. The molecule has 0 aliphatic carbocycles. The van der Waals surface area contributed by atoms with Gasteiger partial charge in [-0.3, -0.25) is 4.79 Å². The number of carbonyl (C=O) groups is 1. The molecule has 0 aromatic heterocycles. The fraction of sp³-hybridized carbons (Fsp3) is 0.800. The van der Waals surface area contributed by atoms with E-state index >= 15 is 0 Å². The van der Waals surface area contributed by atoms with Crippen LogP contribution in [0.15, 0.2) is 0 Å². The van der Waals surface area contributed by atoms with Crippen LogP contribution < -0.4 is 15.2 Å². The van der Waals surface area contributed by atoms with E-state index in [1.165, 1.54) is 0 Å². The van der Waals surface area contributed by atoms with Crippen molar-refractivity contribution in [3.63, 3.8) is 0 Å². The Morgan fingerprint density at radius 2 is 2.33 bits per heavy atom. The topological polar surface area (TPSA) is 101 Å². The SMILES string of the molecule is NS(=O)(=O)NC[C@@H]1CC(=O)CN1. The molecule has 1 fully saturated rings. The highest BCUT2D eigenvalue weighted by atomic mass is 32.2. The molecule has 0 saturated carbocycles. The van der Waals surface area contributed by atoms with Gasteiger partial charge in [0.2, 0.25) is 0 Å². The number of carbonyl (C=O) groups excluding carboxylic acids is 1. The van der Waals surface area contributed by atoms with Crippen LogP contribution in [0.3, 0.4) is 0 Å². The van der Waals surface area contributed by atoms with E-state index in [0.29, 0.717) is 13.0 Å². The third-order valence-corrected chi connectivity index (χ3v) is 2.16. The molecule has 12 heavy (non-hydrogen) atoms. The minimum absolute atomic E-state index is 0.0937. The van der Waals surface area contributed by atoms with E-state index in [-0.39, 0.29) is 18.4 Å². The summed E-state index contributed by atoms with van der Waals surface area (Å²) in [5.41, 5.74) is 0. The predicted octanol–water partition coefficient (Wildman–Crippen LogP) is -2.29. The second-order valence-corrected chi connectivity index (χ2v) is 4.09. The molecule has 0 spiro atoms. The number of nitrogens with one attached hydrogen (secondary N) is 2. The van der Waals surface area contributed by atoms with Crippen LogP contribution in [0.2, 0.25) is 0 Å². The van der Waals surface area contributed by atoms with E-state index < -0.39 is 10.2 Å². The lowest BCUT2D eigenvalue weighted by Gasteiger charge is -2.07. The van der Waals surface area contributed by atoms with E-state index in [1.54, 1.807) is 0 Å². The zero-order chi connectivity index (χ0) is 9.19. The van der Waals surface area contributed by atoms with Crippen molar-refractivity contribution >= 4 is 16.0 Å². The molecule has 1 atom stereocenters. The fourth-order valence-corrected chi connectivity index (χ4v) is 1.47. The molecule has 1 rings (SSSR count). The van der Waals surface area contributed by atoms with Crippen LogP contribution >= 0.6 is 0 Å². The van der Waals surface area contributed by atoms with Crippen molar-refractivity contribution in [1.82, 2.24) is 10.0 Å². The Labute approximate surface area is 70.7 Å². The number of hydrogen-bond donors (Lipinski definition) is 3. The summed E-state index contributed by atoms with van der Waals surface area (Å²) in [5, 5.41) is 7.54. The molecule has 1 saturated heterocycles. The molecule has 0 unspecified atom stereocenters. The molecule has 1 aliphatic rings. The first-order valence-corrected chi connectivity index (χ1v) is 5.04. The number of ketones is 1. The lowest BCUT2D eigenvalue weighted by Crippen LogP contribution is -2.40. The van der Waals surface area contributed by atoms with Crippen LogP contribution in [0.5, 0.6) is 0 Å². The summed E-state index contributed by atoms with van der Waals surface area (Å²) in [4.78, 5) is 10.7. The van der Waals surface area contributed by atoms with Crippen LogP contribution in [-0.2, 0) is 15.0 Å². The Bertz CT molecular complexity index is 274. The van der Waals surface area contributed by atoms with Crippen molar-refractivity contribution in [2.24, 2.45) is 5.14 Å². The lowest BCUT2D eigenvalue weighted by molar-refractivity contribution is -0.116. The Hall–Kier alpha value is -0.500. The molecule has 7 heteroatoms. The Balaban J connectivity index is 2.30. The molecule has 6 nitrogen and oxygen atoms in total. The fourth-order valence-electron chi connectivity index (χ4n) is 1.04. The van der Waals surface area contributed by atoms with Gasteiger partial charge in [0.15, 0.2) is 0 Å². The summed E-state index contributed by atoms with van der Waals surface area (Å²) in [6.45, 7) is 0.488. The highest BCUT2D eigenvalue weighted by Crippen LogP contribution is 1.99. The summed E-state index contributed by atoms with van der Waals surface area (Å²) >= 11 is 0. The van der Waals surface area contributed by atoms with Gasteiger partial charge in [0.25, 0.3) is 10.2 Å². The summed E-state index contributed by atoms with van der Waals surface area (Å²) < 4.78 is 23.0. The van der Waals surface area contributed by atoms with Crippen molar-refractivity contribution < 1.29 is 13.2 Å². The molecule has 70 valence electrons. The van der Waals surface area contributed by atoms with Gasteiger partial charge in [0.05, 0.1) is 6.54 Å². The van der Waals surface area contributed by atoms with Crippen LogP contribution in [0.25, 0.3) is 0 Å². The first-order valence-electron chi connectivity index (χ1n) is 3.50. The van der Waals surface area contributed by atoms with Crippen LogP contribution in [0.4, 0.5) is 0 Å². The summed E-state index contributed by atoms with van der Waals surface area (Å²) in [5.74, 6) is 0.0937. The number of hydrogen-bond acceptors (Lipinski definition) is 4. The maximum atomic E-state index is 10.7. The highest BCUT2D eigenvalue weighted by Gasteiger charge is 2.21. The molecule has 1 heterocycles. The van der Waals surface area contributed by atoms with E-state index in [2.05, 4.69) is 10.0 Å². The van der Waals surface area contributed by atoms with Crippen molar-refractivity contribution in [3.8, 4) is 0 Å². The van der Waals surface area contributed by atoms with Gasteiger partial charge in [-0.2, -0.15) is 8.42 Å². The van der Waals surface area contributed by atoms with E-state index in [1.807, 2.05) is 0 Å². The highest BCUT2D eigenvalue weighted by molar-refractivity contribution is 7.87. The van der Waals surface area contributed by atoms with Crippen LogP contribution in [-0.4, -0.2) is 33.3 Å². The molecule has 4 N–H and O–H groups in total. The minimum Gasteiger partial charge on any atom is -0.305 e. The second kappa shape index (κ2) is 3.48. The van der Waals surface area contributed by atoms with Crippen molar-refractivity contribution in [3.05, 3.63) is 0 Å². The first kappa shape index (κ1) is 9.59. The van der Waals surface area contributed by atoms with Crippen molar-refractivity contribution in [2.75, 3.05) is 13.1 Å². The summed E-state index contributed by atoms with van der Waals surface area (Å²) in [7, 11) is -3.63. The maximum Gasteiger partial charge on any atom is 0.274 e. The zero-order valence-electron chi connectivity index (χ0n) is 6.41.